The molecule has 0 aliphatic carbocycles. The van der Waals surface area contributed by atoms with E-state index in [-0.39, 0.29) is 10.6 Å². The average molecular weight is 305 g/mol. The highest BCUT2D eigenvalue weighted by Crippen LogP contribution is 2.27. The van der Waals surface area contributed by atoms with Crippen LogP contribution in [0.1, 0.15) is 19.4 Å². The molecule has 0 saturated carbocycles. The molecule has 0 aliphatic rings. The number of nitro groups is 1. The second kappa shape index (κ2) is 6.70. The Morgan fingerprint density at radius 3 is 2.57 bits per heavy atom. The van der Waals surface area contributed by atoms with Gasteiger partial charge in [0.2, 0.25) is 0 Å². The van der Waals surface area contributed by atoms with Gasteiger partial charge in [0, 0.05) is 29.7 Å². The van der Waals surface area contributed by atoms with Crippen LogP contribution in [-0.4, -0.2) is 11.0 Å². The summed E-state index contributed by atoms with van der Waals surface area (Å²) in [5.74, 6) is 0. The number of nitrogens with one attached hydrogen (secondary N) is 1. The minimum atomic E-state index is -0.388. The highest BCUT2D eigenvalue weighted by Gasteiger charge is 2.09. The van der Waals surface area contributed by atoms with Crippen molar-refractivity contribution >= 4 is 17.3 Å². The highest BCUT2D eigenvalue weighted by molar-refractivity contribution is 6.31. The Balaban J connectivity index is 2.34. The summed E-state index contributed by atoms with van der Waals surface area (Å²) in [6.07, 6.45) is 0. The molecule has 0 radical (unpaired) electrons. The van der Waals surface area contributed by atoms with E-state index in [2.05, 4.69) is 19.2 Å². The lowest BCUT2D eigenvalue weighted by Crippen LogP contribution is -2.21. The standard InChI is InChI=1S/C16H17ClN2O2/c1-11(2)18-10-14-8-13(6-7-16(14)17)12-4-3-5-15(9-12)19(20)21/h3-9,11,18H,10H2,1-2H3. The molecule has 0 unspecified atom stereocenters. The van der Waals surface area contributed by atoms with E-state index in [1.807, 2.05) is 24.3 Å². The third-order valence-electron chi connectivity index (χ3n) is 3.14. The molecule has 4 nitrogen and oxygen atoms in total. The van der Waals surface area contributed by atoms with Gasteiger partial charge in [0.15, 0.2) is 0 Å². The molecule has 0 aromatic heterocycles. The second-order valence-electron chi connectivity index (χ2n) is 5.15. The first kappa shape index (κ1) is 15.5. The summed E-state index contributed by atoms with van der Waals surface area (Å²) in [7, 11) is 0. The molecule has 0 fully saturated rings. The van der Waals surface area contributed by atoms with Crippen molar-refractivity contribution in [3.8, 4) is 11.1 Å². The van der Waals surface area contributed by atoms with E-state index in [1.54, 1.807) is 12.1 Å². The fourth-order valence-electron chi connectivity index (χ4n) is 2.00. The molecule has 21 heavy (non-hydrogen) atoms. The van der Waals surface area contributed by atoms with Crippen molar-refractivity contribution in [2.24, 2.45) is 0 Å². The quantitative estimate of drug-likeness (QED) is 0.657. The molecule has 2 aromatic rings. The Hall–Kier alpha value is -1.91. The first-order valence-electron chi connectivity index (χ1n) is 6.74. The first-order chi connectivity index (χ1) is 9.97. The molecule has 2 aromatic carbocycles. The third-order valence-corrected chi connectivity index (χ3v) is 3.51. The van der Waals surface area contributed by atoms with Crippen LogP contribution in [-0.2, 0) is 6.54 Å². The number of nitrogens with zero attached hydrogens (tertiary/aromatic N) is 1. The molecular weight excluding hydrogens is 288 g/mol. The number of hydrogen-bond donors (Lipinski definition) is 1. The smallest absolute Gasteiger partial charge is 0.270 e. The second-order valence-corrected chi connectivity index (χ2v) is 5.56. The summed E-state index contributed by atoms with van der Waals surface area (Å²) in [5.41, 5.74) is 2.80. The third kappa shape index (κ3) is 4.03. The fourth-order valence-corrected chi connectivity index (χ4v) is 2.19. The molecule has 0 aliphatic heterocycles. The number of rotatable bonds is 5. The first-order valence-corrected chi connectivity index (χ1v) is 7.12. The van der Waals surface area contributed by atoms with Crippen LogP contribution in [0.25, 0.3) is 11.1 Å². The van der Waals surface area contributed by atoms with Crippen LogP contribution >= 0.6 is 11.6 Å². The van der Waals surface area contributed by atoms with E-state index in [0.717, 1.165) is 16.7 Å². The lowest BCUT2D eigenvalue weighted by molar-refractivity contribution is -0.384. The predicted molar refractivity (Wildman–Crippen MR) is 85.5 cm³/mol. The van der Waals surface area contributed by atoms with Gasteiger partial charge in [-0.3, -0.25) is 10.1 Å². The summed E-state index contributed by atoms with van der Waals surface area (Å²) in [5, 5.41) is 14.9. The summed E-state index contributed by atoms with van der Waals surface area (Å²) in [6, 6.07) is 12.6. The van der Waals surface area contributed by atoms with Crippen molar-refractivity contribution in [3.05, 3.63) is 63.2 Å². The molecule has 5 heteroatoms. The summed E-state index contributed by atoms with van der Waals surface area (Å²) in [4.78, 5) is 10.5. The molecule has 0 heterocycles. The molecule has 0 spiro atoms. The van der Waals surface area contributed by atoms with Gasteiger partial charge in [-0.25, -0.2) is 0 Å². The van der Waals surface area contributed by atoms with Gasteiger partial charge in [-0.2, -0.15) is 0 Å². The number of non-ortho nitro benzene ring substituents is 1. The van der Waals surface area contributed by atoms with Crippen molar-refractivity contribution in [1.29, 1.82) is 0 Å². The van der Waals surface area contributed by atoms with Crippen LogP contribution in [0.2, 0.25) is 5.02 Å². The van der Waals surface area contributed by atoms with Gasteiger partial charge in [0.25, 0.3) is 5.69 Å². The zero-order valence-electron chi connectivity index (χ0n) is 12.0. The maximum atomic E-state index is 10.9. The minimum Gasteiger partial charge on any atom is -0.310 e. The van der Waals surface area contributed by atoms with E-state index in [0.29, 0.717) is 17.6 Å². The van der Waals surface area contributed by atoms with E-state index in [9.17, 15) is 10.1 Å². The molecule has 110 valence electrons. The Morgan fingerprint density at radius 1 is 1.19 bits per heavy atom. The fraction of sp³-hybridized carbons (Fsp3) is 0.250. The Morgan fingerprint density at radius 2 is 1.90 bits per heavy atom. The van der Waals surface area contributed by atoms with Gasteiger partial charge < -0.3 is 5.32 Å². The van der Waals surface area contributed by atoms with Crippen molar-refractivity contribution in [2.45, 2.75) is 26.4 Å². The number of hydrogen-bond acceptors (Lipinski definition) is 3. The summed E-state index contributed by atoms with van der Waals surface area (Å²) >= 11 is 6.20. The van der Waals surface area contributed by atoms with Crippen molar-refractivity contribution in [1.82, 2.24) is 5.32 Å². The van der Waals surface area contributed by atoms with Crippen LogP contribution < -0.4 is 5.32 Å². The lowest BCUT2D eigenvalue weighted by Gasteiger charge is -2.11. The number of nitro benzene ring substituents is 1. The van der Waals surface area contributed by atoms with Crippen LogP contribution in [0.5, 0.6) is 0 Å². The SMILES string of the molecule is CC(C)NCc1cc(-c2cccc([N+](=O)[O-])c2)ccc1Cl. The van der Waals surface area contributed by atoms with E-state index < -0.39 is 0 Å². The van der Waals surface area contributed by atoms with Gasteiger partial charge in [0.05, 0.1) is 4.92 Å². The Kier molecular flexibility index (Phi) is 4.94. The lowest BCUT2D eigenvalue weighted by atomic mass is 10.0. The number of halogens is 1. The van der Waals surface area contributed by atoms with Crippen LogP contribution in [0.3, 0.4) is 0 Å². The topological polar surface area (TPSA) is 55.2 Å². The average Bonchev–Trinajstić information content (AvgIpc) is 2.46. The van der Waals surface area contributed by atoms with Gasteiger partial charge in [-0.05, 0) is 28.8 Å². The Labute approximate surface area is 128 Å². The maximum Gasteiger partial charge on any atom is 0.270 e. The predicted octanol–water partition coefficient (Wildman–Crippen LogP) is 4.41. The molecule has 0 amide bonds. The van der Waals surface area contributed by atoms with E-state index in [4.69, 9.17) is 11.6 Å². The van der Waals surface area contributed by atoms with Gasteiger partial charge in [-0.1, -0.05) is 43.6 Å². The summed E-state index contributed by atoms with van der Waals surface area (Å²) in [6.45, 7) is 4.80. The zero-order valence-corrected chi connectivity index (χ0v) is 12.7. The van der Waals surface area contributed by atoms with Crippen molar-refractivity contribution in [2.75, 3.05) is 0 Å². The van der Waals surface area contributed by atoms with Crippen LogP contribution in [0.15, 0.2) is 42.5 Å². The van der Waals surface area contributed by atoms with E-state index in [1.165, 1.54) is 6.07 Å². The van der Waals surface area contributed by atoms with Crippen LogP contribution in [0.4, 0.5) is 5.69 Å². The molecule has 0 saturated heterocycles. The molecule has 2 rings (SSSR count). The monoisotopic (exact) mass is 304 g/mol. The summed E-state index contributed by atoms with van der Waals surface area (Å²) < 4.78 is 0. The molecule has 1 N–H and O–H groups in total. The highest BCUT2D eigenvalue weighted by atomic mass is 35.5. The van der Waals surface area contributed by atoms with Gasteiger partial charge in [-0.15, -0.1) is 0 Å². The van der Waals surface area contributed by atoms with Gasteiger partial charge in [0.1, 0.15) is 0 Å². The van der Waals surface area contributed by atoms with Gasteiger partial charge >= 0.3 is 0 Å². The Bertz CT molecular complexity index is 656. The van der Waals surface area contributed by atoms with E-state index >= 15 is 0 Å². The molecular formula is C16H17ClN2O2. The van der Waals surface area contributed by atoms with Crippen molar-refractivity contribution in [3.63, 3.8) is 0 Å². The normalized spacial score (nSPS) is 10.9. The zero-order chi connectivity index (χ0) is 15.4. The molecule has 0 bridgehead atoms. The number of benzene rings is 2. The minimum absolute atomic E-state index is 0.0873. The van der Waals surface area contributed by atoms with Crippen LogP contribution in [0, 0.1) is 10.1 Å². The molecule has 0 atom stereocenters. The largest absolute Gasteiger partial charge is 0.310 e. The van der Waals surface area contributed by atoms with Crippen molar-refractivity contribution < 1.29 is 4.92 Å². The maximum absolute atomic E-state index is 10.9.